The van der Waals surface area contributed by atoms with Gasteiger partial charge in [0.2, 0.25) is 11.8 Å². The maximum Gasteiger partial charge on any atom is 0.269 e. The number of nitrogens with one attached hydrogen (secondary N) is 2. The van der Waals surface area contributed by atoms with Gasteiger partial charge in [0.05, 0.1) is 5.92 Å². The van der Waals surface area contributed by atoms with Crippen molar-refractivity contribution in [2.75, 3.05) is 19.8 Å². The molecule has 0 bridgehead atoms. The maximum atomic E-state index is 12.5. The van der Waals surface area contributed by atoms with Crippen molar-refractivity contribution in [3.8, 4) is 11.5 Å². The summed E-state index contributed by atoms with van der Waals surface area (Å²) in [5.41, 5.74) is 6.20. The van der Waals surface area contributed by atoms with Crippen LogP contribution >= 0.6 is 0 Å². The third kappa shape index (κ3) is 6.83. The number of rotatable bonds is 9. The third-order valence-electron chi connectivity index (χ3n) is 5.56. The molecule has 1 saturated heterocycles. The predicted octanol–water partition coefficient (Wildman–Crippen LogP) is 2.95. The van der Waals surface area contributed by atoms with Crippen molar-refractivity contribution in [1.82, 2.24) is 15.8 Å². The van der Waals surface area contributed by atoms with Crippen molar-refractivity contribution < 1.29 is 23.9 Å². The molecule has 3 aromatic carbocycles. The molecule has 0 aliphatic carbocycles. The number of amides is 3. The quantitative estimate of drug-likeness (QED) is 0.368. The van der Waals surface area contributed by atoms with Gasteiger partial charge in [-0.25, -0.2) is 0 Å². The second kappa shape index (κ2) is 11.7. The first-order valence-electron chi connectivity index (χ1n) is 11.4. The van der Waals surface area contributed by atoms with Crippen LogP contribution in [0.4, 0.5) is 0 Å². The predicted molar refractivity (Wildman–Crippen MR) is 129 cm³/mol. The summed E-state index contributed by atoms with van der Waals surface area (Å²) in [6.45, 7) is 1.44. The van der Waals surface area contributed by atoms with Gasteiger partial charge in [0, 0.05) is 25.1 Å². The third-order valence-corrected chi connectivity index (χ3v) is 5.56. The van der Waals surface area contributed by atoms with Crippen LogP contribution in [0.3, 0.4) is 0 Å². The highest BCUT2D eigenvalue weighted by molar-refractivity contribution is 5.96. The maximum absolute atomic E-state index is 12.5. The normalized spacial score (nSPS) is 14.9. The molecule has 35 heavy (non-hydrogen) atoms. The van der Waals surface area contributed by atoms with Gasteiger partial charge < -0.3 is 14.4 Å². The lowest BCUT2D eigenvalue weighted by molar-refractivity contribution is -0.129. The van der Waals surface area contributed by atoms with Crippen LogP contribution in [0.25, 0.3) is 0 Å². The van der Waals surface area contributed by atoms with Gasteiger partial charge >= 0.3 is 0 Å². The van der Waals surface area contributed by atoms with Crippen molar-refractivity contribution in [3.05, 3.63) is 96.1 Å². The van der Waals surface area contributed by atoms with E-state index >= 15 is 0 Å². The van der Waals surface area contributed by atoms with Crippen LogP contribution < -0.4 is 20.3 Å². The molecule has 2 N–H and O–H groups in total. The fourth-order valence-corrected chi connectivity index (χ4v) is 3.76. The van der Waals surface area contributed by atoms with Gasteiger partial charge in [-0.05, 0) is 35.9 Å². The van der Waals surface area contributed by atoms with E-state index in [1.165, 1.54) is 0 Å². The lowest BCUT2D eigenvalue weighted by Crippen LogP contribution is -2.45. The van der Waals surface area contributed by atoms with E-state index in [0.717, 1.165) is 11.3 Å². The van der Waals surface area contributed by atoms with Crippen molar-refractivity contribution in [2.24, 2.45) is 5.92 Å². The highest BCUT2D eigenvalue weighted by atomic mass is 16.5. The number of hydrazine groups is 1. The van der Waals surface area contributed by atoms with Gasteiger partial charge in [-0.15, -0.1) is 0 Å². The highest BCUT2D eigenvalue weighted by Crippen LogP contribution is 2.20. The number of hydrogen-bond acceptors (Lipinski definition) is 5. The largest absolute Gasteiger partial charge is 0.490 e. The fraction of sp³-hybridized carbons (Fsp3) is 0.222. The average molecular weight is 474 g/mol. The van der Waals surface area contributed by atoms with E-state index < -0.39 is 17.7 Å². The summed E-state index contributed by atoms with van der Waals surface area (Å²) in [6.07, 6.45) is 0.114. The van der Waals surface area contributed by atoms with Crippen LogP contribution in [0.2, 0.25) is 0 Å². The highest BCUT2D eigenvalue weighted by Gasteiger charge is 2.34. The van der Waals surface area contributed by atoms with Gasteiger partial charge in [-0.3, -0.25) is 25.2 Å². The Labute approximate surface area is 203 Å². The number of likely N-dealkylation sites (tertiary alicyclic amines) is 1. The summed E-state index contributed by atoms with van der Waals surface area (Å²) in [4.78, 5) is 39.0. The van der Waals surface area contributed by atoms with Gasteiger partial charge in [0.15, 0.2) is 0 Å². The number of benzene rings is 3. The molecular weight excluding hydrogens is 446 g/mol. The molecule has 1 heterocycles. The SMILES string of the molecule is O=C(NNC(=O)C1CC(=O)N(Cc2ccccc2)C1)c1cccc(OCCOc2ccccc2)c1. The molecule has 0 radical (unpaired) electrons. The fourth-order valence-electron chi connectivity index (χ4n) is 3.76. The molecule has 1 fully saturated rings. The molecule has 1 aliphatic heterocycles. The molecule has 1 atom stereocenters. The Balaban J connectivity index is 1.21. The zero-order valence-corrected chi connectivity index (χ0v) is 19.2. The van der Waals surface area contributed by atoms with Crippen molar-refractivity contribution in [3.63, 3.8) is 0 Å². The summed E-state index contributed by atoms with van der Waals surface area (Å²) in [5, 5.41) is 0. The minimum atomic E-state index is -0.522. The summed E-state index contributed by atoms with van der Waals surface area (Å²) in [6, 6.07) is 25.7. The number of carbonyl (C=O) groups is 3. The minimum Gasteiger partial charge on any atom is -0.490 e. The summed E-state index contributed by atoms with van der Waals surface area (Å²) < 4.78 is 11.3. The monoisotopic (exact) mass is 473 g/mol. The Kier molecular flexibility index (Phi) is 7.96. The summed E-state index contributed by atoms with van der Waals surface area (Å²) in [5.74, 6) is -0.208. The molecule has 0 saturated carbocycles. The van der Waals surface area contributed by atoms with Gasteiger partial charge in [-0.1, -0.05) is 54.6 Å². The molecule has 8 nitrogen and oxygen atoms in total. The Morgan fingerprint density at radius 2 is 1.49 bits per heavy atom. The molecule has 3 aromatic rings. The summed E-state index contributed by atoms with van der Waals surface area (Å²) >= 11 is 0. The molecule has 3 amide bonds. The lowest BCUT2D eigenvalue weighted by atomic mass is 10.1. The van der Waals surface area contributed by atoms with E-state index in [-0.39, 0.29) is 12.3 Å². The number of ether oxygens (including phenoxy) is 2. The van der Waals surface area contributed by atoms with Crippen LogP contribution in [0.5, 0.6) is 11.5 Å². The second-order valence-electron chi connectivity index (χ2n) is 8.14. The molecule has 180 valence electrons. The van der Waals surface area contributed by atoms with E-state index in [4.69, 9.17) is 9.47 Å². The smallest absolute Gasteiger partial charge is 0.269 e. The van der Waals surface area contributed by atoms with Crippen LogP contribution in [0.15, 0.2) is 84.9 Å². The molecule has 0 spiro atoms. The van der Waals surface area contributed by atoms with Crippen LogP contribution in [0, 0.1) is 5.92 Å². The van der Waals surface area contributed by atoms with E-state index in [9.17, 15) is 14.4 Å². The Bertz CT molecular complexity index is 1150. The first kappa shape index (κ1) is 23.8. The number of para-hydroxylation sites is 1. The van der Waals surface area contributed by atoms with Crippen LogP contribution in [-0.2, 0) is 16.1 Å². The molecule has 1 unspecified atom stereocenters. The number of carbonyl (C=O) groups excluding carboxylic acids is 3. The second-order valence-corrected chi connectivity index (χ2v) is 8.14. The lowest BCUT2D eigenvalue weighted by Gasteiger charge is -2.17. The van der Waals surface area contributed by atoms with Crippen molar-refractivity contribution >= 4 is 17.7 Å². The van der Waals surface area contributed by atoms with Crippen LogP contribution in [0.1, 0.15) is 22.3 Å². The Hall–Kier alpha value is -4.33. The Morgan fingerprint density at radius 3 is 2.23 bits per heavy atom. The average Bonchev–Trinajstić information content (AvgIpc) is 3.26. The van der Waals surface area contributed by atoms with Gasteiger partial charge in [0.25, 0.3) is 5.91 Å². The zero-order chi connectivity index (χ0) is 24.5. The number of nitrogens with zero attached hydrogens (tertiary/aromatic N) is 1. The van der Waals surface area contributed by atoms with E-state index in [1.54, 1.807) is 29.2 Å². The topological polar surface area (TPSA) is 97.0 Å². The molecule has 1 aliphatic rings. The van der Waals surface area contributed by atoms with E-state index in [2.05, 4.69) is 10.9 Å². The molecule has 4 rings (SSSR count). The van der Waals surface area contributed by atoms with E-state index in [1.807, 2.05) is 60.7 Å². The van der Waals surface area contributed by atoms with E-state index in [0.29, 0.717) is 37.6 Å². The summed E-state index contributed by atoms with van der Waals surface area (Å²) in [7, 11) is 0. The zero-order valence-electron chi connectivity index (χ0n) is 19.2. The van der Waals surface area contributed by atoms with Crippen molar-refractivity contribution in [2.45, 2.75) is 13.0 Å². The van der Waals surface area contributed by atoms with Crippen LogP contribution in [-0.4, -0.2) is 42.4 Å². The molecular formula is C27H27N3O5. The van der Waals surface area contributed by atoms with Crippen molar-refractivity contribution in [1.29, 1.82) is 0 Å². The number of hydrogen-bond donors (Lipinski definition) is 2. The molecule has 8 heteroatoms. The van der Waals surface area contributed by atoms with Gasteiger partial charge in [0.1, 0.15) is 24.7 Å². The van der Waals surface area contributed by atoms with Gasteiger partial charge in [-0.2, -0.15) is 0 Å². The molecule has 0 aromatic heterocycles. The first-order valence-corrected chi connectivity index (χ1v) is 11.4. The minimum absolute atomic E-state index is 0.0820. The Morgan fingerprint density at radius 1 is 0.829 bits per heavy atom. The first-order chi connectivity index (χ1) is 17.1. The standard InChI is InChI=1S/C27H27N3O5/c31-25-17-22(19-30(25)18-20-8-3-1-4-9-20)27(33)29-28-26(32)21-10-7-13-24(16-21)35-15-14-34-23-11-5-2-6-12-23/h1-13,16,22H,14-15,17-19H2,(H,28,32)(H,29,33).